The lowest BCUT2D eigenvalue weighted by atomic mass is 10.1. The van der Waals surface area contributed by atoms with E-state index < -0.39 is 10.0 Å². The third-order valence-electron chi connectivity index (χ3n) is 2.75. The molecule has 0 aromatic heterocycles. The van der Waals surface area contributed by atoms with Crippen LogP contribution < -0.4 is 10.0 Å². The van der Waals surface area contributed by atoms with Crippen LogP contribution >= 0.6 is 11.6 Å². The van der Waals surface area contributed by atoms with Gasteiger partial charge < -0.3 is 5.32 Å². The van der Waals surface area contributed by atoms with Crippen molar-refractivity contribution in [3.63, 3.8) is 0 Å². The molecule has 0 atom stereocenters. The summed E-state index contributed by atoms with van der Waals surface area (Å²) in [5.74, 6) is -0.161. The lowest BCUT2D eigenvalue weighted by Gasteiger charge is -2.07. The van der Waals surface area contributed by atoms with E-state index in [4.69, 9.17) is 11.6 Å². The fraction of sp³-hybridized carbons (Fsp3) is 0.133. The summed E-state index contributed by atoms with van der Waals surface area (Å²) >= 11 is 5.79. The molecule has 116 valence electrons. The van der Waals surface area contributed by atoms with Gasteiger partial charge in [0, 0.05) is 16.4 Å². The molecule has 0 aliphatic rings. The van der Waals surface area contributed by atoms with Gasteiger partial charge in [0.25, 0.3) is 0 Å². The summed E-state index contributed by atoms with van der Waals surface area (Å²) in [6, 6.07) is 13.5. The Hall–Kier alpha value is -2.05. The van der Waals surface area contributed by atoms with Gasteiger partial charge in [-0.05, 0) is 42.0 Å². The number of sulfonamides is 1. The van der Waals surface area contributed by atoms with Crippen LogP contribution in [0.1, 0.15) is 5.56 Å². The Morgan fingerprint density at radius 1 is 1.00 bits per heavy atom. The average molecular weight is 339 g/mol. The van der Waals surface area contributed by atoms with E-state index in [1.54, 1.807) is 48.5 Å². The van der Waals surface area contributed by atoms with Gasteiger partial charge >= 0.3 is 0 Å². The Morgan fingerprint density at radius 2 is 1.55 bits per heavy atom. The smallest absolute Gasteiger partial charge is 0.229 e. The molecule has 5 nitrogen and oxygen atoms in total. The van der Waals surface area contributed by atoms with E-state index in [0.717, 1.165) is 11.8 Å². The highest BCUT2D eigenvalue weighted by atomic mass is 35.5. The van der Waals surface area contributed by atoms with Crippen molar-refractivity contribution in [2.24, 2.45) is 0 Å². The molecular weight excluding hydrogens is 324 g/mol. The number of halogens is 1. The van der Waals surface area contributed by atoms with Crippen molar-refractivity contribution in [1.29, 1.82) is 0 Å². The fourth-order valence-corrected chi connectivity index (χ4v) is 2.52. The van der Waals surface area contributed by atoms with Gasteiger partial charge in [0.05, 0.1) is 12.7 Å². The molecule has 0 unspecified atom stereocenters. The van der Waals surface area contributed by atoms with E-state index in [-0.39, 0.29) is 12.3 Å². The number of anilines is 2. The first-order valence-corrected chi connectivity index (χ1v) is 8.71. The summed E-state index contributed by atoms with van der Waals surface area (Å²) in [4.78, 5) is 11.9. The maximum absolute atomic E-state index is 11.9. The molecule has 0 aliphatic heterocycles. The van der Waals surface area contributed by atoms with Crippen molar-refractivity contribution in [3.8, 4) is 0 Å². The van der Waals surface area contributed by atoms with Gasteiger partial charge in [0.2, 0.25) is 15.9 Å². The number of rotatable bonds is 5. The van der Waals surface area contributed by atoms with Crippen LogP contribution in [0.5, 0.6) is 0 Å². The SMILES string of the molecule is CS(=O)(=O)Nc1ccc(NC(=O)Cc2ccc(Cl)cc2)cc1. The van der Waals surface area contributed by atoms with Crippen molar-refractivity contribution in [2.75, 3.05) is 16.3 Å². The van der Waals surface area contributed by atoms with Crippen LogP contribution in [0, 0.1) is 0 Å². The number of benzene rings is 2. The highest BCUT2D eigenvalue weighted by Gasteiger charge is 2.05. The summed E-state index contributed by atoms with van der Waals surface area (Å²) in [6.07, 6.45) is 1.31. The van der Waals surface area contributed by atoms with Crippen molar-refractivity contribution in [1.82, 2.24) is 0 Å². The number of hydrogen-bond acceptors (Lipinski definition) is 3. The van der Waals surface area contributed by atoms with E-state index in [2.05, 4.69) is 10.0 Å². The molecule has 22 heavy (non-hydrogen) atoms. The molecule has 0 aliphatic carbocycles. The molecule has 2 N–H and O–H groups in total. The van der Waals surface area contributed by atoms with E-state index in [9.17, 15) is 13.2 Å². The largest absolute Gasteiger partial charge is 0.326 e. The molecule has 0 fully saturated rings. The predicted molar refractivity (Wildman–Crippen MR) is 88.7 cm³/mol. The minimum Gasteiger partial charge on any atom is -0.326 e. The second-order valence-electron chi connectivity index (χ2n) is 4.80. The zero-order chi connectivity index (χ0) is 16.2. The predicted octanol–water partition coefficient (Wildman–Crippen LogP) is 2.89. The Bertz CT molecular complexity index is 756. The molecule has 2 aromatic rings. The minimum absolute atomic E-state index is 0.161. The van der Waals surface area contributed by atoms with Gasteiger partial charge in [-0.15, -0.1) is 0 Å². The second-order valence-corrected chi connectivity index (χ2v) is 6.99. The van der Waals surface area contributed by atoms with E-state index in [1.807, 2.05) is 0 Å². The molecule has 0 saturated carbocycles. The molecular formula is C15H15ClN2O3S. The van der Waals surface area contributed by atoms with Gasteiger partial charge in [-0.25, -0.2) is 8.42 Å². The highest BCUT2D eigenvalue weighted by Crippen LogP contribution is 2.15. The first-order chi connectivity index (χ1) is 10.3. The first kappa shape index (κ1) is 16.3. The summed E-state index contributed by atoms with van der Waals surface area (Å²) in [5.41, 5.74) is 1.90. The van der Waals surface area contributed by atoms with Crippen LogP contribution in [-0.2, 0) is 21.2 Å². The van der Waals surface area contributed by atoms with Gasteiger partial charge in [-0.1, -0.05) is 23.7 Å². The van der Waals surface area contributed by atoms with Gasteiger partial charge in [0.1, 0.15) is 0 Å². The summed E-state index contributed by atoms with van der Waals surface area (Å²) < 4.78 is 24.6. The number of hydrogen-bond donors (Lipinski definition) is 2. The number of carbonyl (C=O) groups excluding carboxylic acids is 1. The zero-order valence-electron chi connectivity index (χ0n) is 11.8. The molecule has 0 heterocycles. The summed E-state index contributed by atoms with van der Waals surface area (Å²) in [5, 5.41) is 3.37. The lowest BCUT2D eigenvalue weighted by molar-refractivity contribution is -0.115. The van der Waals surface area contributed by atoms with Crippen LogP contribution in [0.3, 0.4) is 0 Å². The van der Waals surface area contributed by atoms with Crippen molar-refractivity contribution < 1.29 is 13.2 Å². The standard InChI is InChI=1S/C15H15ClN2O3S/c1-22(20,21)18-14-8-6-13(7-9-14)17-15(19)10-11-2-4-12(16)5-3-11/h2-9,18H,10H2,1H3,(H,17,19). The van der Waals surface area contributed by atoms with E-state index in [1.165, 1.54) is 0 Å². The molecule has 0 bridgehead atoms. The van der Waals surface area contributed by atoms with Gasteiger partial charge in [0.15, 0.2) is 0 Å². The Balaban J connectivity index is 1.95. The third kappa shape index (κ3) is 5.38. The number of amides is 1. The zero-order valence-corrected chi connectivity index (χ0v) is 13.4. The summed E-state index contributed by atoms with van der Waals surface area (Å²) in [7, 11) is -3.31. The quantitative estimate of drug-likeness (QED) is 0.880. The monoisotopic (exact) mass is 338 g/mol. The van der Waals surface area contributed by atoms with Gasteiger partial charge in [-0.2, -0.15) is 0 Å². The highest BCUT2D eigenvalue weighted by molar-refractivity contribution is 7.92. The van der Waals surface area contributed by atoms with Crippen LogP contribution in [0.15, 0.2) is 48.5 Å². The van der Waals surface area contributed by atoms with Crippen LogP contribution in [0.25, 0.3) is 0 Å². The Morgan fingerprint density at radius 3 is 2.09 bits per heavy atom. The molecule has 0 saturated heterocycles. The van der Waals surface area contributed by atoms with Crippen molar-refractivity contribution in [2.45, 2.75) is 6.42 Å². The minimum atomic E-state index is -3.31. The van der Waals surface area contributed by atoms with Crippen molar-refractivity contribution >= 4 is 38.9 Å². The molecule has 7 heteroatoms. The van der Waals surface area contributed by atoms with E-state index in [0.29, 0.717) is 16.4 Å². The van der Waals surface area contributed by atoms with Crippen molar-refractivity contribution in [3.05, 3.63) is 59.1 Å². The molecule has 1 amide bonds. The van der Waals surface area contributed by atoms with Crippen LogP contribution in [-0.4, -0.2) is 20.6 Å². The topological polar surface area (TPSA) is 75.3 Å². The third-order valence-corrected chi connectivity index (χ3v) is 3.61. The normalized spacial score (nSPS) is 11.0. The molecule has 0 spiro atoms. The Labute approximate surface area is 134 Å². The molecule has 2 rings (SSSR count). The Kier molecular flexibility index (Phi) is 5.05. The maximum atomic E-state index is 11.9. The van der Waals surface area contributed by atoms with Crippen LogP contribution in [0.2, 0.25) is 5.02 Å². The van der Waals surface area contributed by atoms with Crippen LogP contribution in [0.4, 0.5) is 11.4 Å². The maximum Gasteiger partial charge on any atom is 0.229 e. The van der Waals surface area contributed by atoms with Gasteiger partial charge in [-0.3, -0.25) is 9.52 Å². The number of nitrogens with one attached hydrogen (secondary N) is 2. The van der Waals surface area contributed by atoms with E-state index >= 15 is 0 Å². The second kappa shape index (κ2) is 6.81. The first-order valence-electron chi connectivity index (χ1n) is 6.44. The average Bonchev–Trinajstić information content (AvgIpc) is 2.42. The fourth-order valence-electron chi connectivity index (χ4n) is 1.83. The summed E-state index contributed by atoms with van der Waals surface area (Å²) in [6.45, 7) is 0. The number of carbonyl (C=O) groups is 1. The lowest BCUT2D eigenvalue weighted by Crippen LogP contribution is -2.14. The molecule has 0 radical (unpaired) electrons. The molecule has 2 aromatic carbocycles.